The summed E-state index contributed by atoms with van der Waals surface area (Å²) in [6, 6.07) is 85.2. The number of rotatable bonds is 6. The molecule has 0 aliphatic carbocycles. The zero-order valence-corrected chi connectivity index (χ0v) is 34.2. The predicted molar refractivity (Wildman–Crippen MR) is 264 cm³/mol. The van der Waals surface area contributed by atoms with Crippen LogP contribution >= 0.6 is 11.3 Å². The number of fused-ring (bicyclic) bond motifs is 6. The van der Waals surface area contributed by atoms with Gasteiger partial charge in [0, 0.05) is 20.2 Å². The maximum Gasteiger partial charge on any atom is 0.0355 e. The molecule has 1 heteroatoms. The largest absolute Gasteiger partial charge is 0.135 e. The van der Waals surface area contributed by atoms with E-state index in [2.05, 4.69) is 231 Å². The molecule has 0 unspecified atom stereocenters. The monoisotopic (exact) mass is 790 g/mol. The van der Waals surface area contributed by atoms with Crippen molar-refractivity contribution in [2.75, 3.05) is 0 Å². The minimum absolute atomic E-state index is 1.20. The molecule has 0 spiro atoms. The quantitative estimate of drug-likeness (QED) is 0.147. The van der Waals surface area contributed by atoms with Gasteiger partial charge in [-0.15, -0.1) is 11.3 Å². The maximum atomic E-state index is 2.46. The molecule has 284 valence electrons. The summed E-state index contributed by atoms with van der Waals surface area (Å²) in [5.74, 6) is 0. The highest BCUT2D eigenvalue weighted by molar-refractivity contribution is 7.25. The third-order valence-electron chi connectivity index (χ3n) is 12.5. The van der Waals surface area contributed by atoms with Gasteiger partial charge in [-0.3, -0.25) is 0 Å². The van der Waals surface area contributed by atoms with Crippen molar-refractivity contribution in [2.24, 2.45) is 0 Å². The fourth-order valence-electron chi connectivity index (χ4n) is 9.57. The lowest BCUT2D eigenvalue weighted by Gasteiger charge is -2.21. The van der Waals surface area contributed by atoms with Gasteiger partial charge in [0.15, 0.2) is 0 Å². The van der Waals surface area contributed by atoms with Crippen molar-refractivity contribution in [3.05, 3.63) is 231 Å². The zero-order chi connectivity index (χ0) is 40.3. The zero-order valence-electron chi connectivity index (χ0n) is 33.3. The average Bonchev–Trinajstić information content (AvgIpc) is 3.72. The standard InChI is InChI=1S/C60H38S/c1-4-14-39(15-5-1)41-24-26-43(27-25-41)59-52-31-28-44(40-16-6-2-7-17-40)37-56(52)60(51-34-33-47(42-18-8-3-9-19-42)48-20-10-11-21-49(48)51)53-32-29-45(38-55(53)59)46-30-35-58-54(36-46)50-22-12-13-23-57(50)61-58/h1-38H. The van der Waals surface area contributed by atoms with Gasteiger partial charge in [-0.05, 0) is 129 Å². The second kappa shape index (κ2) is 14.6. The lowest BCUT2D eigenvalue weighted by atomic mass is 9.82. The molecule has 12 aromatic rings. The minimum Gasteiger partial charge on any atom is -0.135 e. The van der Waals surface area contributed by atoms with Gasteiger partial charge in [0.1, 0.15) is 0 Å². The molecule has 0 saturated heterocycles. The highest BCUT2D eigenvalue weighted by Gasteiger charge is 2.21. The van der Waals surface area contributed by atoms with E-state index >= 15 is 0 Å². The molecule has 0 radical (unpaired) electrons. The molecule has 1 heterocycles. The fraction of sp³-hybridized carbons (Fsp3) is 0. The van der Waals surface area contributed by atoms with E-state index in [1.54, 1.807) is 0 Å². The molecule has 0 aliphatic rings. The number of hydrogen-bond acceptors (Lipinski definition) is 1. The fourth-order valence-corrected chi connectivity index (χ4v) is 10.7. The molecule has 0 nitrogen and oxygen atoms in total. The van der Waals surface area contributed by atoms with Gasteiger partial charge < -0.3 is 0 Å². The Labute approximate surface area is 359 Å². The van der Waals surface area contributed by atoms with Crippen molar-refractivity contribution < 1.29 is 0 Å². The summed E-state index contributed by atoms with van der Waals surface area (Å²) in [7, 11) is 0. The highest BCUT2D eigenvalue weighted by atomic mass is 32.1. The minimum atomic E-state index is 1.20. The summed E-state index contributed by atoms with van der Waals surface area (Å²) in [5, 5.41) is 10.1. The molecule has 0 atom stereocenters. The van der Waals surface area contributed by atoms with Crippen molar-refractivity contribution in [1.82, 2.24) is 0 Å². The first kappa shape index (κ1) is 35.4. The number of benzene rings is 11. The van der Waals surface area contributed by atoms with Crippen LogP contribution < -0.4 is 0 Å². The summed E-state index contributed by atoms with van der Waals surface area (Å²) in [5.41, 5.74) is 14.7. The van der Waals surface area contributed by atoms with Crippen LogP contribution in [0.2, 0.25) is 0 Å². The third kappa shape index (κ3) is 6.05. The van der Waals surface area contributed by atoms with Crippen molar-refractivity contribution in [2.45, 2.75) is 0 Å². The molecule has 61 heavy (non-hydrogen) atoms. The molecular formula is C60H38S. The number of hydrogen-bond donors (Lipinski definition) is 0. The van der Waals surface area contributed by atoms with Crippen LogP contribution in [0.1, 0.15) is 0 Å². The Hall–Kier alpha value is -7.58. The van der Waals surface area contributed by atoms with Gasteiger partial charge in [0.2, 0.25) is 0 Å². The second-order valence-electron chi connectivity index (χ2n) is 16.0. The summed E-state index contributed by atoms with van der Waals surface area (Å²) < 4.78 is 2.64. The van der Waals surface area contributed by atoms with E-state index in [4.69, 9.17) is 0 Å². The Bertz CT molecular complexity index is 3600. The van der Waals surface area contributed by atoms with Gasteiger partial charge in [0.25, 0.3) is 0 Å². The first-order valence-electron chi connectivity index (χ1n) is 21.0. The van der Waals surface area contributed by atoms with Crippen molar-refractivity contribution in [3.8, 4) is 66.8 Å². The van der Waals surface area contributed by atoms with Crippen LogP contribution in [0.15, 0.2) is 231 Å². The van der Waals surface area contributed by atoms with E-state index in [-0.39, 0.29) is 0 Å². The number of thiophene rings is 1. The SMILES string of the molecule is c1ccc(-c2ccc(-c3c4cc(-c5ccc6sc7ccccc7c6c5)ccc4c(-c4ccc(-c5ccccc5)c5ccccc45)c4cc(-c5ccccc5)ccc34)cc2)cc1. The predicted octanol–water partition coefficient (Wildman–Crippen LogP) is 17.5. The average molecular weight is 791 g/mol. The van der Waals surface area contributed by atoms with E-state index in [0.29, 0.717) is 0 Å². The smallest absolute Gasteiger partial charge is 0.0355 e. The van der Waals surface area contributed by atoms with Crippen LogP contribution in [-0.2, 0) is 0 Å². The van der Waals surface area contributed by atoms with Crippen molar-refractivity contribution in [1.29, 1.82) is 0 Å². The first-order valence-corrected chi connectivity index (χ1v) is 21.8. The van der Waals surface area contributed by atoms with Gasteiger partial charge in [-0.1, -0.05) is 200 Å². The highest BCUT2D eigenvalue weighted by Crippen LogP contribution is 2.49. The Morgan fingerprint density at radius 2 is 0.607 bits per heavy atom. The normalized spacial score (nSPS) is 11.6. The van der Waals surface area contributed by atoms with Crippen LogP contribution in [0.25, 0.3) is 119 Å². The second-order valence-corrected chi connectivity index (χ2v) is 17.0. The Kier molecular flexibility index (Phi) is 8.47. The van der Waals surface area contributed by atoms with E-state index in [1.807, 2.05) is 11.3 Å². The summed E-state index contributed by atoms with van der Waals surface area (Å²) in [6.07, 6.45) is 0. The van der Waals surface area contributed by atoms with Crippen LogP contribution in [0.5, 0.6) is 0 Å². The molecule has 11 aromatic carbocycles. The first-order chi connectivity index (χ1) is 30.2. The molecule has 12 rings (SSSR count). The lowest BCUT2D eigenvalue weighted by Crippen LogP contribution is -1.94. The van der Waals surface area contributed by atoms with E-state index < -0.39 is 0 Å². The summed E-state index contributed by atoms with van der Waals surface area (Å²) >= 11 is 1.87. The van der Waals surface area contributed by atoms with Crippen LogP contribution in [0.4, 0.5) is 0 Å². The van der Waals surface area contributed by atoms with Gasteiger partial charge in [-0.2, -0.15) is 0 Å². The molecule has 0 aliphatic heterocycles. The molecule has 0 amide bonds. The molecule has 0 N–H and O–H groups in total. The van der Waals surface area contributed by atoms with Crippen LogP contribution in [0, 0.1) is 0 Å². The molecule has 0 bridgehead atoms. The summed E-state index contributed by atoms with van der Waals surface area (Å²) in [4.78, 5) is 0. The Balaban J connectivity index is 1.18. The van der Waals surface area contributed by atoms with E-state index in [0.717, 1.165) is 0 Å². The van der Waals surface area contributed by atoms with Gasteiger partial charge in [0.05, 0.1) is 0 Å². The van der Waals surface area contributed by atoms with Gasteiger partial charge >= 0.3 is 0 Å². The molecule has 1 aromatic heterocycles. The molecular weight excluding hydrogens is 753 g/mol. The molecule has 0 fully saturated rings. The Morgan fingerprint density at radius 3 is 1.28 bits per heavy atom. The summed E-state index contributed by atoms with van der Waals surface area (Å²) in [6.45, 7) is 0. The van der Waals surface area contributed by atoms with Crippen LogP contribution in [-0.4, -0.2) is 0 Å². The Morgan fingerprint density at radius 1 is 0.197 bits per heavy atom. The van der Waals surface area contributed by atoms with E-state index in [9.17, 15) is 0 Å². The molecule has 0 saturated carbocycles. The van der Waals surface area contributed by atoms with E-state index in [1.165, 1.54) is 119 Å². The van der Waals surface area contributed by atoms with Crippen molar-refractivity contribution in [3.63, 3.8) is 0 Å². The van der Waals surface area contributed by atoms with Crippen LogP contribution in [0.3, 0.4) is 0 Å². The van der Waals surface area contributed by atoms with Crippen molar-refractivity contribution >= 4 is 63.8 Å². The third-order valence-corrected chi connectivity index (χ3v) is 13.6. The van der Waals surface area contributed by atoms with Gasteiger partial charge in [-0.25, -0.2) is 0 Å². The maximum absolute atomic E-state index is 2.46. The topological polar surface area (TPSA) is 0 Å². The lowest BCUT2D eigenvalue weighted by molar-refractivity contribution is 1.60.